The zero-order valence-electron chi connectivity index (χ0n) is 35.9. The summed E-state index contributed by atoms with van der Waals surface area (Å²) in [5.41, 5.74) is 0.896. The largest absolute Gasteiger partial charge is 0.398 e. The minimum atomic E-state index is -2.93. The number of carbonyl (C=O) groups excluding carboxylic acids is 5. The molecule has 3 aliphatic rings. The second-order valence-electron chi connectivity index (χ2n) is 17.9. The number of hydrogen-bond acceptors (Lipinski definition) is 6. The van der Waals surface area contributed by atoms with E-state index in [4.69, 9.17) is 4.43 Å². The van der Waals surface area contributed by atoms with Gasteiger partial charge in [-0.25, -0.2) is 0 Å². The number of carbonyl (C=O) groups is 5. The van der Waals surface area contributed by atoms with Crippen LogP contribution in [0.4, 0.5) is 0 Å². The Morgan fingerprint density at radius 2 is 1.30 bits per heavy atom. The van der Waals surface area contributed by atoms with Crippen LogP contribution in [0.2, 0.25) is 5.04 Å². The molecule has 3 aromatic rings. The number of Topliss-reactive ketones (excluding diaryl/α,β-unsaturated/α-hetero) is 1. The summed E-state index contributed by atoms with van der Waals surface area (Å²) in [6.07, 6.45) is 11.0. The Bertz CT molecular complexity index is 1910. The molecule has 2 aliphatic heterocycles. The van der Waals surface area contributed by atoms with Crippen molar-refractivity contribution in [3.8, 4) is 0 Å². The monoisotopic (exact) mass is 832 g/mol. The van der Waals surface area contributed by atoms with Crippen LogP contribution < -0.4 is 26.3 Å². The predicted octanol–water partition coefficient (Wildman–Crippen LogP) is 5.92. The lowest BCUT2D eigenvalue weighted by Gasteiger charge is -2.44. The lowest BCUT2D eigenvalue weighted by molar-refractivity contribution is -0.143. The van der Waals surface area contributed by atoms with Crippen LogP contribution in [0.25, 0.3) is 0 Å². The number of fused-ring (bicyclic) bond motifs is 1. The quantitative estimate of drug-likeness (QED) is 0.137. The van der Waals surface area contributed by atoms with E-state index < -0.39 is 44.5 Å². The van der Waals surface area contributed by atoms with Gasteiger partial charge in [0.1, 0.15) is 30.3 Å². The van der Waals surface area contributed by atoms with Crippen molar-refractivity contribution in [2.24, 2.45) is 5.92 Å². The first-order valence-electron chi connectivity index (χ1n) is 22.1. The smallest absolute Gasteiger partial charge is 0.262 e. The summed E-state index contributed by atoms with van der Waals surface area (Å²) in [5, 5.41) is 11.0. The van der Waals surface area contributed by atoms with E-state index in [0.29, 0.717) is 32.2 Å². The van der Waals surface area contributed by atoms with Gasteiger partial charge in [0.05, 0.1) is 0 Å². The van der Waals surface area contributed by atoms with Crippen molar-refractivity contribution >= 4 is 48.1 Å². The molecule has 2 saturated heterocycles. The molecule has 0 aromatic heterocycles. The standard InChI is InChI=1S/C49H64N4O6Si/c1-35(59-60(49(2,3)4,38-25-14-7-15-26-38)39-27-16-8-17-28-39)44(54)31-19-9-18-29-40-45(55)51-41(33-36-21-10-5-11-22-36)46(56)52-42(34-37-23-12-6-13-24-37)48(58)53-32-20-30-43(53)47(57)50-40/h6-9,12-17,19,23-28,35-36,40-43H,5,10-11,18,20-22,29-34H2,1-4H3,(H,50,57)(H,51,55)(H,52,56)/t35-,40+,41-,42+,43-/m1/s1. The predicted molar refractivity (Wildman–Crippen MR) is 238 cm³/mol. The first-order valence-corrected chi connectivity index (χ1v) is 24.0. The number of nitrogens with one attached hydrogen (secondary N) is 3. The highest BCUT2D eigenvalue weighted by Crippen LogP contribution is 2.38. The molecule has 0 bridgehead atoms. The Hall–Kier alpha value is -4.87. The molecule has 1 saturated carbocycles. The maximum atomic E-state index is 14.2. The lowest BCUT2D eigenvalue weighted by atomic mass is 9.84. The van der Waals surface area contributed by atoms with Crippen LogP contribution in [-0.4, -0.2) is 79.4 Å². The Labute approximate surface area is 357 Å². The molecule has 3 aromatic carbocycles. The van der Waals surface area contributed by atoms with Gasteiger partial charge < -0.3 is 25.3 Å². The number of ketones is 1. The fourth-order valence-electron chi connectivity index (χ4n) is 9.39. The van der Waals surface area contributed by atoms with Gasteiger partial charge in [0.15, 0.2) is 5.78 Å². The Morgan fingerprint density at radius 1 is 0.733 bits per heavy atom. The van der Waals surface area contributed by atoms with E-state index in [2.05, 4.69) is 61.0 Å². The molecule has 3 N–H and O–H groups in total. The van der Waals surface area contributed by atoms with Crippen LogP contribution in [0.5, 0.6) is 0 Å². The highest BCUT2D eigenvalue weighted by Gasteiger charge is 2.51. The first-order chi connectivity index (χ1) is 28.9. The zero-order chi connectivity index (χ0) is 42.7. The van der Waals surface area contributed by atoms with Gasteiger partial charge in [0.2, 0.25) is 23.6 Å². The summed E-state index contributed by atoms with van der Waals surface area (Å²) in [6, 6.07) is 26.6. The molecule has 4 amide bonds. The summed E-state index contributed by atoms with van der Waals surface area (Å²) in [5.74, 6) is -1.24. The first kappa shape index (κ1) is 44.7. The second-order valence-corrected chi connectivity index (χ2v) is 22.2. The van der Waals surface area contributed by atoms with Crippen LogP contribution >= 0.6 is 0 Å². The molecule has 5 atom stereocenters. The molecule has 2 heterocycles. The van der Waals surface area contributed by atoms with Crippen molar-refractivity contribution in [1.29, 1.82) is 0 Å². The number of nitrogens with zero attached hydrogens (tertiary/aromatic N) is 1. The minimum absolute atomic E-state index is 0.0515. The molecule has 0 spiro atoms. The van der Waals surface area contributed by atoms with Crippen LogP contribution in [0.1, 0.15) is 104 Å². The van der Waals surface area contributed by atoms with Gasteiger partial charge in [-0.3, -0.25) is 24.0 Å². The number of rotatable bonds is 14. The van der Waals surface area contributed by atoms with Gasteiger partial charge >= 0.3 is 0 Å². The third-order valence-electron chi connectivity index (χ3n) is 12.6. The van der Waals surface area contributed by atoms with Crippen LogP contribution in [0.15, 0.2) is 103 Å². The molecule has 3 fully saturated rings. The van der Waals surface area contributed by atoms with Crippen LogP contribution in [0.3, 0.4) is 0 Å². The fraction of sp³-hybridized carbons (Fsp3) is 0.490. The van der Waals surface area contributed by atoms with Crippen molar-refractivity contribution in [2.45, 2.75) is 140 Å². The van der Waals surface area contributed by atoms with E-state index in [1.807, 2.05) is 85.8 Å². The van der Waals surface area contributed by atoms with E-state index >= 15 is 0 Å². The second kappa shape index (κ2) is 20.6. The third kappa shape index (κ3) is 10.9. The number of hydrogen-bond donors (Lipinski definition) is 3. The molecule has 11 heteroatoms. The number of allylic oxidation sites excluding steroid dienone is 2. The van der Waals surface area contributed by atoms with Crippen molar-refractivity contribution in [3.05, 3.63) is 109 Å². The molecule has 0 unspecified atom stereocenters. The average Bonchev–Trinajstić information content (AvgIpc) is 3.75. The number of benzene rings is 3. The zero-order valence-corrected chi connectivity index (χ0v) is 36.9. The Morgan fingerprint density at radius 3 is 1.92 bits per heavy atom. The third-order valence-corrected chi connectivity index (χ3v) is 17.7. The molecule has 320 valence electrons. The fourth-order valence-corrected chi connectivity index (χ4v) is 14.1. The van der Waals surface area contributed by atoms with E-state index in [-0.39, 0.29) is 53.7 Å². The normalized spacial score (nSPS) is 22.9. The van der Waals surface area contributed by atoms with Gasteiger partial charge in [-0.15, -0.1) is 0 Å². The van der Waals surface area contributed by atoms with E-state index in [1.54, 1.807) is 4.90 Å². The molecule has 0 radical (unpaired) electrons. The van der Waals surface area contributed by atoms with Crippen LogP contribution in [-0.2, 0) is 34.8 Å². The SMILES string of the molecule is C[C@@H](O[Si](c1ccccc1)(c1ccccc1)C(C)(C)C)C(=O)CC=CCC[C@@H]1NC(=O)[C@H]2CCCN2C(=O)[C@H](Cc2ccccc2)NC(=O)[C@@H](CC2CCCCC2)NC1=O. The minimum Gasteiger partial charge on any atom is -0.398 e. The van der Waals surface area contributed by atoms with Crippen molar-refractivity contribution in [3.63, 3.8) is 0 Å². The van der Waals surface area contributed by atoms with Gasteiger partial charge in [-0.2, -0.15) is 0 Å². The summed E-state index contributed by atoms with van der Waals surface area (Å²) in [4.78, 5) is 71.7. The van der Waals surface area contributed by atoms with Crippen molar-refractivity contribution in [2.75, 3.05) is 6.54 Å². The van der Waals surface area contributed by atoms with Gasteiger partial charge in [-0.1, -0.05) is 156 Å². The molecule has 60 heavy (non-hydrogen) atoms. The Kier molecular flexibility index (Phi) is 15.3. The molecule has 6 rings (SSSR count). The van der Waals surface area contributed by atoms with Gasteiger partial charge in [-0.05, 0) is 65.9 Å². The summed E-state index contributed by atoms with van der Waals surface area (Å²) < 4.78 is 7.03. The van der Waals surface area contributed by atoms with E-state index in [1.165, 1.54) is 0 Å². The maximum absolute atomic E-state index is 14.2. The van der Waals surface area contributed by atoms with Crippen molar-refractivity contribution in [1.82, 2.24) is 20.9 Å². The summed E-state index contributed by atoms with van der Waals surface area (Å²) in [6.45, 7) is 8.78. The maximum Gasteiger partial charge on any atom is 0.262 e. The number of amides is 4. The highest BCUT2D eigenvalue weighted by molar-refractivity contribution is 6.99. The molecule has 10 nitrogen and oxygen atoms in total. The Balaban J connectivity index is 1.16. The van der Waals surface area contributed by atoms with Crippen LogP contribution in [0, 0.1) is 5.92 Å². The lowest BCUT2D eigenvalue weighted by Crippen LogP contribution is -2.68. The molecule has 1 aliphatic carbocycles. The highest BCUT2D eigenvalue weighted by atomic mass is 28.4. The van der Waals surface area contributed by atoms with E-state index in [0.717, 1.165) is 48.0 Å². The average molecular weight is 833 g/mol. The summed E-state index contributed by atoms with van der Waals surface area (Å²) >= 11 is 0. The topological polar surface area (TPSA) is 134 Å². The molecular formula is C49H64N4O6Si. The summed E-state index contributed by atoms with van der Waals surface area (Å²) in [7, 11) is -2.93. The van der Waals surface area contributed by atoms with Gasteiger partial charge in [0, 0.05) is 19.4 Å². The van der Waals surface area contributed by atoms with Gasteiger partial charge in [0.25, 0.3) is 8.32 Å². The van der Waals surface area contributed by atoms with E-state index in [9.17, 15) is 24.0 Å². The molecular weight excluding hydrogens is 769 g/mol. The van der Waals surface area contributed by atoms with Crippen molar-refractivity contribution < 1.29 is 28.4 Å².